The summed E-state index contributed by atoms with van der Waals surface area (Å²) in [5.41, 5.74) is -9.29. The molecule has 0 aliphatic carbocycles. The summed E-state index contributed by atoms with van der Waals surface area (Å²) in [4.78, 5) is 78.5. The summed E-state index contributed by atoms with van der Waals surface area (Å²) in [7, 11) is 4.28. The predicted octanol–water partition coefficient (Wildman–Crippen LogP) is -1.24. The van der Waals surface area contributed by atoms with E-state index in [9.17, 15) is 44.1 Å². The molecular weight excluding hydrogens is 510 g/mol. The SMILES string of the molecule is CN[C@H](C(=O)CC(O)(C=O)C(=O)C(O)(CC(=O)C(C)(O)C(=O)[C@@H](NC)C(C)C)C(=O)[C@@H](NC)C(C)C)C(C)C. The molecule has 0 amide bonds. The smallest absolute Gasteiger partial charge is 0.211 e. The Kier molecular flexibility index (Phi) is 13.6. The van der Waals surface area contributed by atoms with Gasteiger partial charge in [-0.1, -0.05) is 41.5 Å². The lowest BCUT2D eigenvalue weighted by molar-refractivity contribution is -0.173. The van der Waals surface area contributed by atoms with Gasteiger partial charge in [0, 0.05) is 0 Å². The van der Waals surface area contributed by atoms with Crippen LogP contribution in [-0.2, 0) is 28.8 Å². The summed E-state index contributed by atoms with van der Waals surface area (Å²) in [6, 6.07) is -3.09. The van der Waals surface area contributed by atoms with E-state index in [1.165, 1.54) is 21.1 Å². The van der Waals surface area contributed by atoms with Crippen molar-refractivity contribution in [1.29, 1.82) is 0 Å². The van der Waals surface area contributed by atoms with Crippen LogP contribution in [0.5, 0.6) is 0 Å². The summed E-state index contributed by atoms with van der Waals surface area (Å²) < 4.78 is 0. The van der Waals surface area contributed by atoms with Crippen LogP contribution in [0.3, 0.4) is 0 Å². The van der Waals surface area contributed by atoms with Gasteiger partial charge >= 0.3 is 0 Å². The van der Waals surface area contributed by atoms with Crippen molar-refractivity contribution in [2.75, 3.05) is 21.1 Å². The molecule has 3 unspecified atom stereocenters. The first kappa shape index (κ1) is 36.8. The molecule has 0 aliphatic rings. The van der Waals surface area contributed by atoms with Gasteiger partial charge in [0.15, 0.2) is 46.2 Å². The molecule has 0 bridgehead atoms. The number of hydrogen-bond acceptors (Lipinski definition) is 12. The van der Waals surface area contributed by atoms with Crippen molar-refractivity contribution in [3.8, 4) is 0 Å². The first-order valence-corrected chi connectivity index (χ1v) is 13.1. The van der Waals surface area contributed by atoms with Crippen LogP contribution in [0.1, 0.15) is 61.3 Å². The van der Waals surface area contributed by atoms with Gasteiger partial charge in [0.05, 0.1) is 31.0 Å². The average Bonchev–Trinajstić information content (AvgIpc) is 2.83. The van der Waals surface area contributed by atoms with Gasteiger partial charge in [-0.05, 0) is 45.8 Å². The number of nitrogens with one attached hydrogen (secondary N) is 3. The minimum Gasteiger partial charge on any atom is -0.375 e. The number of aldehydes is 1. The molecule has 0 spiro atoms. The molecule has 0 fully saturated rings. The third-order valence-corrected chi connectivity index (χ3v) is 7.10. The largest absolute Gasteiger partial charge is 0.375 e. The second-order valence-corrected chi connectivity index (χ2v) is 11.3. The van der Waals surface area contributed by atoms with E-state index in [0.29, 0.717) is 0 Å². The topological polar surface area (TPSA) is 199 Å². The van der Waals surface area contributed by atoms with E-state index in [4.69, 9.17) is 0 Å². The van der Waals surface area contributed by atoms with E-state index in [0.717, 1.165) is 6.92 Å². The van der Waals surface area contributed by atoms with Gasteiger partial charge < -0.3 is 31.3 Å². The van der Waals surface area contributed by atoms with Crippen LogP contribution in [0.2, 0.25) is 0 Å². The summed E-state index contributed by atoms with van der Waals surface area (Å²) in [5.74, 6) is -7.35. The third-order valence-electron chi connectivity index (χ3n) is 7.10. The first-order valence-electron chi connectivity index (χ1n) is 13.1. The van der Waals surface area contributed by atoms with Gasteiger partial charge in [-0.2, -0.15) is 0 Å². The predicted molar refractivity (Wildman–Crippen MR) is 144 cm³/mol. The quantitative estimate of drug-likeness (QED) is 0.0816. The van der Waals surface area contributed by atoms with Crippen molar-refractivity contribution in [3.63, 3.8) is 0 Å². The molecule has 0 heterocycles. The maximum absolute atomic E-state index is 13.7. The lowest BCUT2D eigenvalue weighted by Gasteiger charge is -2.36. The molecule has 0 aliphatic heterocycles. The molecule has 6 atom stereocenters. The molecule has 224 valence electrons. The fourth-order valence-electron chi connectivity index (χ4n) is 4.69. The molecule has 12 heteroatoms. The molecule has 0 saturated carbocycles. The van der Waals surface area contributed by atoms with Gasteiger partial charge in [0.25, 0.3) is 0 Å². The molecule has 0 aromatic heterocycles. The number of rotatable bonds is 19. The fourth-order valence-corrected chi connectivity index (χ4v) is 4.69. The lowest BCUT2D eigenvalue weighted by atomic mass is 9.72. The molecule has 0 saturated heterocycles. The number of hydrogen-bond donors (Lipinski definition) is 6. The van der Waals surface area contributed by atoms with Gasteiger partial charge in [-0.15, -0.1) is 0 Å². The second kappa shape index (κ2) is 14.4. The molecule has 12 nitrogen and oxygen atoms in total. The van der Waals surface area contributed by atoms with Crippen molar-refractivity contribution >= 4 is 35.2 Å². The monoisotopic (exact) mass is 557 g/mol. The number of likely N-dealkylation sites (N-methyl/N-ethyl adjacent to an activating group) is 3. The van der Waals surface area contributed by atoms with Crippen molar-refractivity contribution in [3.05, 3.63) is 0 Å². The van der Waals surface area contributed by atoms with E-state index < -0.39 is 82.6 Å². The van der Waals surface area contributed by atoms with Crippen molar-refractivity contribution in [2.45, 2.75) is 96.2 Å². The Labute approximate surface area is 230 Å². The highest BCUT2D eigenvalue weighted by molar-refractivity contribution is 6.24. The number of Topliss-reactive ketones (excluding diaryl/α,β-unsaturated/α-hetero) is 5. The Bertz CT molecular complexity index is 931. The second-order valence-electron chi connectivity index (χ2n) is 11.3. The van der Waals surface area contributed by atoms with Crippen LogP contribution >= 0.6 is 0 Å². The van der Waals surface area contributed by atoms with E-state index in [1.807, 2.05) is 0 Å². The Morgan fingerprint density at radius 3 is 1.41 bits per heavy atom. The van der Waals surface area contributed by atoms with E-state index in [-0.39, 0.29) is 18.1 Å². The standard InChI is InChI=1S/C27H47N3O9/c1-14(2)19(28-8)17(32)11-26(38,13-31)24(36)27(39,23(35)21(30-10)16(5)6)12-18(33)25(7,37)22(34)20(29-9)15(3)4/h13-16,19-21,28-30,37-39H,11-12H2,1-10H3/t19-,20-,21-,25?,26?,27?/m0/s1. The van der Waals surface area contributed by atoms with E-state index in [1.54, 1.807) is 41.5 Å². The highest BCUT2D eigenvalue weighted by Gasteiger charge is 2.58. The zero-order valence-corrected chi connectivity index (χ0v) is 24.7. The van der Waals surface area contributed by atoms with Crippen LogP contribution in [0.15, 0.2) is 0 Å². The van der Waals surface area contributed by atoms with Crippen molar-refractivity contribution in [1.82, 2.24) is 16.0 Å². The molecule has 6 N–H and O–H groups in total. The molecular formula is C27H47N3O9. The summed E-state index contributed by atoms with van der Waals surface area (Å²) >= 11 is 0. The van der Waals surface area contributed by atoms with Crippen molar-refractivity contribution in [2.24, 2.45) is 17.8 Å². The van der Waals surface area contributed by atoms with Crippen LogP contribution in [-0.4, -0.2) is 107 Å². The Morgan fingerprint density at radius 1 is 0.692 bits per heavy atom. The zero-order chi connectivity index (χ0) is 31.1. The van der Waals surface area contributed by atoms with Crippen LogP contribution in [0.4, 0.5) is 0 Å². The first-order chi connectivity index (χ1) is 17.7. The van der Waals surface area contributed by atoms with Crippen LogP contribution in [0.25, 0.3) is 0 Å². The summed E-state index contributed by atoms with van der Waals surface area (Å²) in [6.07, 6.45) is -2.77. The van der Waals surface area contributed by atoms with Crippen LogP contribution < -0.4 is 16.0 Å². The molecule has 0 aromatic carbocycles. The lowest BCUT2D eigenvalue weighted by Crippen LogP contribution is -2.65. The maximum atomic E-state index is 13.7. The molecule has 0 aromatic rings. The van der Waals surface area contributed by atoms with Crippen LogP contribution in [0, 0.1) is 17.8 Å². The van der Waals surface area contributed by atoms with Crippen molar-refractivity contribution < 1.29 is 44.1 Å². The molecule has 0 radical (unpaired) electrons. The number of aliphatic hydroxyl groups is 3. The van der Waals surface area contributed by atoms with E-state index >= 15 is 0 Å². The van der Waals surface area contributed by atoms with Gasteiger partial charge in [-0.25, -0.2) is 0 Å². The fraction of sp³-hybridized carbons (Fsp3) is 0.778. The third kappa shape index (κ3) is 8.15. The normalized spacial score (nSPS) is 19.0. The highest BCUT2D eigenvalue weighted by Crippen LogP contribution is 2.30. The molecule has 39 heavy (non-hydrogen) atoms. The van der Waals surface area contributed by atoms with Gasteiger partial charge in [0.2, 0.25) is 5.78 Å². The maximum Gasteiger partial charge on any atom is 0.211 e. The Hall–Kier alpha value is -2.22. The minimum atomic E-state index is -3.37. The zero-order valence-electron chi connectivity index (χ0n) is 24.7. The Morgan fingerprint density at radius 2 is 1.08 bits per heavy atom. The number of carbonyl (C=O) groups is 6. The number of ketones is 5. The summed E-state index contributed by atoms with van der Waals surface area (Å²) in [5, 5.41) is 41.6. The number of carbonyl (C=O) groups excluding carboxylic acids is 6. The molecule has 0 rings (SSSR count). The van der Waals surface area contributed by atoms with Gasteiger partial charge in [-0.3, -0.25) is 28.8 Å². The summed E-state index contributed by atoms with van der Waals surface area (Å²) in [6.45, 7) is 10.8. The minimum absolute atomic E-state index is 0.258. The Balaban J connectivity index is 6.83. The van der Waals surface area contributed by atoms with E-state index in [2.05, 4.69) is 16.0 Å². The van der Waals surface area contributed by atoms with Gasteiger partial charge in [0.1, 0.15) is 0 Å². The average molecular weight is 558 g/mol. The highest BCUT2D eigenvalue weighted by atomic mass is 16.3.